The van der Waals surface area contributed by atoms with Gasteiger partial charge in [-0.25, -0.2) is 9.97 Å². The molecule has 1 amide bonds. The Morgan fingerprint density at radius 3 is 2.52 bits per heavy atom. The monoisotopic (exact) mass is 407 g/mol. The first-order valence-corrected chi connectivity index (χ1v) is 8.44. The van der Waals surface area contributed by atoms with Crippen LogP contribution in [0.2, 0.25) is 0 Å². The van der Waals surface area contributed by atoms with E-state index < -0.39 is 25.2 Å². The minimum Gasteiger partial charge on any atom is -0.484 e. The van der Waals surface area contributed by atoms with Gasteiger partial charge in [-0.1, -0.05) is 6.07 Å². The fraction of sp³-hybridized carbons (Fsp3) is 0.211. The number of carbonyl (C=O) groups is 1. The van der Waals surface area contributed by atoms with Crippen LogP contribution >= 0.6 is 0 Å². The number of carbonyl (C=O) groups excluding carboxylic acids is 1. The Bertz CT molecular complexity index is 918. The van der Waals surface area contributed by atoms with Gasteiger partial charge in [-0.15, -0.1) is 0 Å². The molecule has 29 heavy (non-hydrogen) atoms. The average Bonchev–Trinajstić information content (AvgIpc) is 3.19. The maximum atomic E-state index is 12.8. The molecule has 10 heteroatoms. The summed E-state index contributed by atoms with van der Waals surface area (Å²) in [5.74, 6) is -0.00193. The van der Waals surface area contributed by atoms with Crippen molar-refractivity contribution in [2.45, 2.75) is 12.7 Å². The second-order valence-electron chi connectivity index (χ2n) is 5.84. The van der Waals surface area contributed by atoms with Crippen LogP contribution in [0.4, 0.5) is 13.2 Å². The quantitative estimate of drug-likeness (QED) is 0.565. The molecule has 0 aliphatic rings. The summed E-state index contributed by atoms with van der Waals surface area (Å²) in [7, 11) is 0. The van der Waals surface area contributed by atoms with Crippen molar-refractivity contribution in [3.8, 4) is 17.5 Å². The van der Waals surface area contributed by atoms with Gasteiger partial charge in [-0.05, 0) is 30.3 Å². The summed E-state index contributed by atoms with van der Waals surface area (Å²) in [6.07, 6.45) is -0.207. The van der Waals surface area contributed by atoms with Crippen LogP contribution in [0.25, 0.3) is 0 Å². The van der Waals surface area contributed by atoms with Gasteiger partial charge in [-0.3, -0.25) is 4.79 Å². The van der Waals surface area contributed by atoms with Crippen molar-refractivity contribution in [1.82, 2.24) is 14.9 Å². The number of alkyl halides is 3. The highest BCUT2D eigenvalue weighted by Gasteiger charge is 2.33. The molecule has 2 aromatic heterocycles. The van der Waals surface area contributed by atoms with Gasteiger partial charge in [0, 0.05) is 18.5 Å². The molecule has 0 bridgehead atoms. The Hall–Kier alpha value is -3.56. The van der Waals surface area contributed by atoms with E-state index in [1.807, 2.05) is 0 Å². The maximum absolute atomic E-state index is 12.8. The topological polar surface area (TPSA) is 77.7 Å². The van der Waals surface area contributed by atoms with Crippen LogP contribution in [0.1, 0.15) is 5.76 Å². The molecular weight excluding hydrogens is 391 g/mol. The van der Waals surface area contributed by atoms with E-state index >= 15 is 0 Å². The fourth-order valence-electron chi connectivity index (χ4n) is 2.35. The number of amides is 1. The summed E-state index contributed by atoms with van der Waals surface area (Å²) < 4.78 is 54.3. The van der Waals surface area contributed by atoms with Crippen molar-refractivity contribution in [3.05, 3.63) is 66.9 Å². The van der Waals surface area contributed by atoms with Crippen molar-refractivity contribution < 1.29 is 31.9 Å². The highest BCUT2D eigenvalue weighted by Crippen LogP contribution is 2.23. The molecule has 152 valence electrons. The number of rotatable bonds is 8. The first-order valence-electron chi connectivity index (χ1n) is 8.44. The Morgan fingerprint density at radius 2 is 1.83 bits per heavy atom. The lowest BCUT2D eigenvalue weighted by Crippen LogP contribution is -2.40. The van der Waals surface area contributed by atoms with Crippen molar-refractivity contribution in [1.29, 1.82) is 0 Å². The van der Waals surface area contributed by atoms with E-state index in [4.69, 9.17) is 13.9 Å². The number of halogens is 3. The van der Waals surface area contributed by atoms with Gasteiger partial charge < -0.3 is 18.8 Å². The number of ether oxygens (including phenoxy) is 2. The summed E-state index contributed by atoms with van der Waals surface area (Å²) in [6, 6.07) is 11.0. The van der Waals surface area contributed by atoms with E-state index in [0.717, 1.165) is 0 Å². The lowest BCUT2D eigenvalue weighted by atomic mass is 10.3. The lowest BCUT2D eigenvalue weighted by molar-refractivity contribution is -0.164. The Morgan fingerprint density at radius 1 is 1.07 bits per heavy atom. The Labute approximate surface area is 163 Å². The molecule has 0 fully saturated rings. The van der Waals surface area contributed by atoms with Gasteiger partial charge in [0.05, 0.1) is 12.8 Å². The van der Waals surface area contributed by atoms with E-state index in [1.54, 1.807) is 24.3 Å². The molecule has 0 N–H and O–H groups in total. The zero-order valence-electron chi connectivity index (χ0n) is 15.0. The van der Waals surface area contributed by atoms with Crippen molar-refractivity contribution >= 4 is 5.91 Å². The third kappa shape index (κ3) is 6.52. The van der Waals surface area contributed by atoms with Gasteiger partial charge in [0.15, 0.2) is 6.61 Å². The zero-order chi connectivity index (χ0) is 20.7. The normalized spacial score (nSPS) is 11.1. The first-order chi connectivity index (χ1) is 13.9. The van der Waals surface area contributed by atoms with E-state index in [0.29, 0.717) is 10.6 Å². The summed E-state index contributed by atoms with van der Waals surface area (Å²) in [4.78, 5) is 20.8. The molecule has 3 rings (SSSR count). The molecule has 3 aromatic rings. The summed E-state index contributed by atoms with van der Waals surface area (Å²) in [6.45, 7) is -2.31. The number of hydrogen-bond acceptors (Lipinski definition) is 6. The van der Waals surface area contributed by atoms with Crippen LogP contribution in [0.3, 0.4) is 0 Å². The highest BCUT2D eigenvalue weighted by atomic mass is 19.4. The number of aromatic nitrogens is 2. The number of nitrogens with zero attached hydrogens (tertiary/aromatic N) is 3. The van der Waals surface area contributed by atoms with Crippen molar-refractivity contribution in [2.24, 2.45) is 0 Å². The number of benzene rings is 1. The highest BCUT2D eigenvalue weighted by molar-refractivity contribution is 5.77. The number of furan rings is 1. The van der Waals surface area contributed by atoms with Crippen LogP contribution in [0.15, 0.2) is 65.5 Å². The maximum Gasteiger partial charge on any atom is 0.406 e. The molecular formula is C19H16F3N3O4. The standard InChI is InChI=1S/C19H16F3N3O4/c20-19(21,22)13-25(11-16-6-2-9-27-16)17(26)12-28-14-4-1-5-15(10-14)29-18-23-7-3-8-24-18/h1-10H,11-13H2. The van der Waals surface area contributed by atoms with Gasteiger partial charge in [0.1, 0.15) is 23.8 Å². The third-order valence-electron chi connectivity index (χ3n) is 3.57. The smallest absolute Gasteiger partial charge is 0.406 e. The molecule has 1 aromatic carbocycles. The zero-order valence-corrected chi connectivity index (χ0v) is 15.0. The summed E-state index contributed by atoms with van der Waals surface area (Å²) in [5, 5.41) is 0. The molecule has 0 saturated carbocycles. The van der Waals surface area contributed by atoms with Crippen molar-refractivity contribution in [3.63, 3.8) is 0 Å². The van der Waals surface area contributed by atoms with Crippen LogP contribution in [-0.2, 0) is 11.3 Å². The van der Waals surface area contributed by atoms with Gasteiger partial charge >= 0.3 is 12.2 Å². The van der Waals surface area contributed by atoms with E-state index in [-0.39, 0.29) is 24.1 Å². The minimum absolute atomic E-state index is 0.121. The molecule has 0 aliphatic heterocycles. The van der Waals surface area contributed by atoms with Crippen LogP contribution in [0, 0.1) is 0 Å². The van der Waals surface area contributed by atoms with Crippen LogP contribution in [0.5, 0.6) is 17.5 Å². The van der Waals surface area contributed by atoms with Gasteiger partial charge in [0.2, 0.25) is 0 Å². The van der Waals surface area contributed by atoms with Crippen LogP contribution in [-0.4, -0.2) is 40.1 Å². The molecule has 0 saturated heterocycles. The molecule has 0 atom stereocenters. The SMILES string of the molecule is O=C(COc1cccc(Oc2ncccn2)c1)N(Cc1ccco1)CC(F)(F)F. The van der Waals surface area contributed by atoms with Gasteiger partial charge in [0.25, 0.3) is 5.91 Å². The third-order valence-corrected chi connectivity index (χ3v) is 3.57. The lowest BCUT2D eigenvalue weighted by Gasteiger charge is -2.23. The van der Waals surface area contributed by atoms with E-state index in [1.165, 1.54) is 36.9 Å². The number of hydrogen-bond donors (Lipinski definition) is 0. The first kappa shape index (κ1) is 20.2. The second kappa shape index (κ2) is 9.09. The Kier molecular flexibility index (Phi) is 6.32. The fourth-order valence-corrected chi connectivity index (χ4v) is 2.35. The molecule has 0 unspecified atom stereocenters. The van der Waals surface area contributed by atoms with E-state index in [2.05, 4.69) is 9.97 Å². The predicted molar refractivity (Wildman–Crippen MR) is 94.2 cm³/mol. The molecule has 2 heterocycles. The molecule has 0 aliphatic carbocycles. The Balaban J connectivity index is 1.62. The molecule has 0 radical (unpaired) electrons. The largest absolute Gasteiger partial charge is 0.484 e. The average molecular weight is 407 g/mol. The van der Waals surface area contributed by atoms with E-state index in [9.17, 15) is 18.0 Å². The summed E-state index contributed by atoms with van der Waals surface area (Å²) >= 11 is 0. The van der Waals surface area contributed by atoms with Crippen molar-refractivity contribution in [2.75, 3.05) is 13.2 Å². The molecule has 0 spiro atoms. The minimum atomic E-state index is -4.55. The predicted octanol–water partition coefficient (Wildman–Crippen LogP) is 3.83. The van der Waals surface area contributed by atoms with Gasteiger partial charge in [-0.2, -0.15) is 13.2 Å². The second-order valence-corrected chi connectivity index (χ2v) is 5.84. The molecule has 7 nitrogen and oxygen atoms in total. The summed E-state index contributed by atoms with van der Waals surface area (Å²) in [5.41, 5.74) is 0. The van der Waals surface area contributed by atoms with Crippen LogP contribution < -0.4 is 9.47 Å².